The number of carbonyl (C=O) groups is 1. The average molecular weight is 487 g/mol. The fourth-order valence-corrected chi connectivity index (χ4v) is 5.10. The van der Waals surface area contributed by atoms with Gasteiger partial charge in [-0.15, -0.1) is 0 Å². The molecule has 0 aliphatic rings. The lowest BCUT2D eigenvalue weighted by atomic mass is 10.0. The fraction of sp³-hybridized carbons (Fsp3) is 0.240. The maximum Gasteiger partial charge on any atom is 0.264 e. The van der Waals surface area contributed by atoms with Gasteiger partial charge in [0.25, 0.3) is 10.0 Å². The van der Waals surface area contributed by atoms with Crippen molar-refractivity contribution in [3.8, 4) is 5.75 Å². The van der Waals surface area contributed by atoms with Crippen LogP contribution < -0.4 is 14.4 Å². The van der Waals surface area contributed by atoms with Crippen LogP contribution in [0.2, 0.25) is 5.02 Å². The van der Waals surface area contributed by atoms with Crippen molar-refractivity contribution in [2.45, 2.75) is 31.2 Å². The number of ether oxygens (including phenoxy) is 1. The molecule has 0 heterocycles. The number of methoxy groups -OCH3 is 1. The Morgan fingerprint density at radius 1 is 1.06 bits per heavy atom. The number of hydrogen-bond donors (Lipinski definition) is 1. The Bertz CT molecular complexity index is 1200. The molecule has 0 saturated heterocycles. The predicted molar refractivity (Wildman–Crippen MR) is 131 cm³/mol. The summed E-state index contributed by atoms with van der Waals surface area (Å²) >= 11 is 6.27. The minimum Gasteiger partial charge on any atom is -0.495 e. The van der Waals surface area contributed by atoms with E-state index in [1.807, 2.05) is 44.2 Å². The zero-order valence-electron chi connectivity index (χ0n) is 18.8. The summed E-state index contributed by atoms with van der Waals surface area (Å²) < 4.78 is 33.3. The van der Waals surface area contributed by atoms with E-state index >= 15 is 0 Å². The van der Waals surface area contributed by atoms with Gasteiger partial charge in [0.2, 0.25) is 5.91 Å². The van der Waals surface area contributed by atoms with Crippen molar-refractivity contribution in [1.29, 1.82) is 0 Å². The largest absolute Gasteiger partial charge is 0.495 e. The molecule has 1 N–H and O–H groups in total. The standard InChI is InChI=1S/C25H27ClN2O4S/c1-4-23(19-8-6-5-7-9-19)27-25(29)17-28(20-12-15-24(32-3)22(26)16-20)33(30,31)21-13-10-18(2)11-14-21/h5-16,23H,4,17H2,1-3H3,(H,27,29). The Balaban J connectivity index is 1.95. The summed E-state index contributed by atoms with van der Waals surface area (Å²) in [5, 5.41) is 3.20. The molecule has 0 aliphatic carbocycles. The van der Waals surface area contributed by atoms with Gasteiger partial charge in [-0.3, -0.25) is 9.10 Å². The number of anilines is 1. The highest BCUT2D eigenvalue weighted by atomic mass is 35.5. The van der Waals surface area contributed by atoms with E-state index in [4.69, 9.17) is 16.3 Å². The first-order valence-electron chi connectivity index (χ1n) is 10.5. The number of aryl methyl sites for hydroxylation is 1. The van der Waals surface area contributed by atoms with Crippen LogP contribution in [-0.2, 0) is 14.8 Å². The van der Waals surface area contributed by atoms with E-state index < -0.39 is 22.5 Å². The number of rotatable bonds is 9. The smallest absolute Gasteiger partial charge is 0.264 e. The van der Waals surface area contributed by atoms with Crippen molar-refractivity contribution in [2.75, 3.05) is 18.0 Å². The van der Waals surface area contributed by atoms with E-state index in [1.165, 1.54) is 25.3 Å². The van der Waals surface area contributed by atoms with Crippen LogP contribution >= 0.6 is 11.6 Å². The first kappa shape index (κ1) is 24.6. The number of nitrogens with zero attached hydrogens (tertiary/aromatic N) is 1. The normalized spacial score (nSPS) is 12.1. The molecule has 0 aliphatic heterocycles. The van der Waals surface area contributed by atoms with Crippen LogP contribution in [0.1, 0.15) is 30.5 Å². The van der Waals surface area contributed by atoms with Crippen LogP contribution in [0.15, 0.2) is 77.7 Å². The molecule has 8 heteroatoms. The van der Waals surface area contributed by atoms with E-state index in [9.17, 15) is 13.2 Å². The number of hydrogen-bond acceptors (Lipinski definition) is 4. The number of benzene rings is 3. The van der Waals surface area contributed by atoms with Crippen LogP contribution in [0.4, 0.5) is 5.69 Å². The van der Waals surface area contributed by atoms with E-state index in [1.54, 1.807) is 24.3 Å². The summed E-state index contributed by atoms with van der Waals surface area (Å²) in [5.41, 5.74) is 2.15. The second-order valence-corrected chi connectivity index (χ2v) is 9.85. The maximum atomic E-state index is 13.5. The Labute approximate surface area is 200 Å². The molecule has 0 aromatic heterocycles. The van der Waals surface area contributed by atoms with Gasteiger partial charge in [0.05, 0.1) is 28.8 Å². The highest BCUT2D eigenvalue weighted by Gasteiger charge is 2.28. The molecule has 1 unspecified atom stereocenters. The lowest BCUT2D eigenvalue weighted by Gasteiger charge is -2.26. The van der Waals surface area contributed by atoms with Crippen LogP contribution in [0.5, 0.6) is 5.75 Å². The minimum absolute atomic E-state index is 0.0861. The quantitative estimate of drug-likeness (QED) is 0.455. The van der Waals surface area contributed by atoms with Crippen molar-refractivity contribution in [2.24, 2.45) is 0 Å². The summed E-state index contributed by atoms with van der Waals surface area (Å²) in [6, 6.07) is 20.4. The summed E-state index contributed by atoms with van der Waals surface area (Å²) in [6.07, 6.45) is 0.662. The molecular formula is C25H27ClN2O4S. The van der Waals surface area contributed by atoms with E-state index in [2.05, 4.69) is 5.32 Å². The summed E-state index contributed by atoms with van der Waals surface area (Å²) in [5.74, 6) is -0.0130. The highest BCUT2D eigenvalue weighted by molar-refractivity contribution is 7.92. The predicted octanol–water partition coefficient (Wildman–Crippen LogP) is 5.12. The van der Waals surface area contributed by atoms with Gasteiger partial charge in [0.15, 0.2) is 0 Å². The molecule has 3 rings (SSSR count). The molecule has 174 valence electrons. The second kappa shape index (κ2) is 10.7. The highest BCUT2D eigenvalue weighted by Crippen LogP contribution is 2.32. The third-order valence-corrected chi connectivity index (χ3v) is 7.35. The Hall–Kier alpha value is -3.03. The summed E-state index contributed by atoms with van der Waals surface area (Å²) in [6.45, 7) is 3.43. The minimum atomic E-state index is -4.04. The van der Waals surface area contributed by atoms with Crippen molar-refractivity contribution in [3.63, 3.8) is 0 Å². The third kappa shape index (κ3) is 5.86. The topological polar surface area (TPSA) is 75.7 Å². The third-order valence-electron chi connectivity index (χ3n) is 5.26. The molecule has 0 bridgehead atoms. The number of nitrogens with one attached hydrogen (secondary N) is 1. The monoisotopic (exact) mass is 486 g/mol. The van der Waals surface area contributed by atoms with Crippen molar-refractivity contribution >= 4 is 33.2 Å². The fourth-order valence-electron chi connectivity index (χ4n) is 3.44. The van der Waals surface area contributed by atoms with Gasteiger partial charge in [-0.2, -0.15) is 0 Å². The first-order valence-corrected chi connectivity index (χ1v) is 12.3. The Morgan fingerprint density at radius 3 is 2.30 bits per heavy atom. The average Bonchev–Trinajstić information content (AvgIpc) is 2.81. The van der Waals surface area contributed by atoms with E-state index in [0.717, 1.165) is 15.4 Å². The molecule has 1 atom stereocenters. The zero-order valence-corrected chi connectivity index (χ0v) is 20.4. The lowest BCUT2D eigenvalue weighted by Crippen LogP contribution is -2.42. The second-order valence-electron chi connectivity index (χ2n) is 7.58. The number of sulfonamides is 1. The molecule has 0 saturated carbocycles. The van der Waals surface area contributed by atoms with Gasteiger partial charge in [-0.05, 0) is 49.2 Å². The summed E-state index contributed by atoms with van der Waals surface area (Å²) in [4.78, 5) is 13.1. The van der Waals surface area contributed by atoms with Gasteiger partial charge in [-0.25, -0.2) is 8.42 Å². The maximum absolute atomic E-state index is 13.5. The zero-order chi connectivity index (χ0) is 24.0. The van der Waals surface area contributed by atoms with Crippen LogP contribution in [0.3, 0.4) is 0 Å². The molecule has 33 heavy (non-hydrogen) atoms. The van der Waals surface area contributed by atoms with Crippen LogP contribution in [0, 0.1) is 6.92 Å². The molecule has 0 fully saturated rings. The molecule has 0 spiro atoms. The Morgan fingerprint density at radius 2 is 1.73 bits per heavy atom. The number of amides is 1. The molecule has 3 aromatic rings. The van der Waals surface area contributed by atoms with Gasteiger partial charge in [-0.1, -0.05) is 66.6 Å². The molecular weight excluding hydrogens is 460 g/mol. The van der Waals surface area contributed by atoms with Crippen molar-refractivity contribution < 1.29 is 17.9 Å². The van der Waals surface area contributed by atoms with E-state index in [-0.39, 0.29) is 21.6 Å². The van der Waals surface area contributed by atoms with Crippen LogP contribution in [0.25, 0.3) is 0 Å². The summed E-state index contributed by atoms with van der Waals surface area (Å²) in [7, 11) is -2.56. The van der Waals surface area contributed by atoms with Gasteiger partial charge >= 0.3 is 0 Å². The number of carbonyl (C=O) groups excluding carboxylic acids is 1. The molecule has 1 amide bonds. The van der Waals surface area contributed by atoms with E-state index in [0.29, 0.717) is 12.2 Å². The van der Waals surface area contributed by atoms with Gasteiger partial charge in [0, 0.05) is 0 Å². The van der Waals surface area contributed by atoms with Crippen molar-refractivity contribution in [1.82, 2.24) is 5.32 Å². The Kier molecular flexibility index (Phi) is 8.00. The van der Waals surface area contributed by atoms with Crippen LogP contribution in [-0.4, -0.2) is 28.0 Å². The number of halogens is 1. The van der Waals surface area contributed by atoms with Gasteiger partial charge < -0.3 is 10.1 Å². The SMILES string of the molecule is CCC(NC(=O)CN(c1ccc(OC)c(Cl)c1)S(=O)(=O)c1ccc(C)cc1)c1ccccc1. The van der Waals surface area contributed by atoms with Gasteiger partial charge in [0.1, 0.15) is 12.3 Å². The lowest BCUT2D eigenvalue weighted by molar-refractivity contribution is -0.120. The first-order chi connectivity index (χ1) is 15.8. The van der Waals surface area contributed by atoms with Crippen molar-refractivity contribution in [3.05, 3.63) is 88.9 Å². The molecule has 3 aromatic carbocycles. The molecule has 0 radical (unpaired) electrons. The molecule has 6 nitrogen and oxygen atoms in total.